The number of phenolic OH excluding ortho intramolecular Hbond substituents is 1. The third-order valence-electron chi connectivity index (χ3n) is 5.63. The summed E-state index contributed by atoms with van der Waals surface area (Å²) in [5.41, 5.74) is 3.68. The standard InChI is InChI=1S/C26H29N3O/c1-2-3-4-5-6-7-11-20-16-17-26(30)25(18-20)29-27-19-24(28-29)23-15-10-13-21-12-8-9-14-22(21)23/h8-10,12-19,30H,2-7,11H2,1H3. The molecule has 4 aromatic rings. The minimum absolute atomic E-state index is 0.196. The van der Waals surface area contributed by atoms with Gasteiger partial charge in [0.25, 0.3) is 0 Å². The van der Waals surface area contributed by atoms with Crippen LogP contribution in [-0.4, -0.2) is 20.1 Å². The maximum atomic E-state index is 10.4. The molecule has 1 aromatic heterocycles. The molecule has 0 radical (unpaired) electrons. The number of phenols is 1. The molecule has 1 N–H and O–H groups in total. The Morgan fingerprint density at radius 3 is 2.57 bits per heavy atom. The summed E-state index contributed by atoms with van der Waals surface area (Å²) in [6, 6.07) is 20.2. The Balaban J connectivity index is 1.53. The Morgan fingerprint density at radius 1 is 0.867 bits per heavy atom. The van der Waals surface area contributed by atoms with Crippen LogP contribution >= 0.6 is 0 Å². The number of aryl methyl sites for hydroxylation is 1. The van der Waals surface area contributed by atoms with Gasteiger partial charge < -0.3 is 5.11 Å². The molecule has 1 heterocycles. The molecule has 0 saturated carbocycles. The average Bonchev–Trinajstić information content (AvgIpc) is 3.26. The third kappa shape index (κ3) is 4.54. The summed E-state index contributed by atoms with van der Waals surface area (Å²) in [6.45, 7) is 2.24. The molecule has 3 aromatic carbocycles. The number of aromatic hydroxyl groups is 1. The van der Waals surface area contributed by atoms with Crippen LogP contribution in [0.1, 0.15) is 51.0 Å². The van der Waals surface area contributed by atoms with E-state index in [0.717, 1.165) is 23.1 Å². The molecule has 0 fully saturated rings. The van der Waals surface area contributed by atoms with Crippen LogP contribution in [0.15, 0.2) is 66.9 Å². The molecule has 0 unspecified atom stereocenters. The third-order valence-corrected chi connectivity index (χ3v) is 5.63. The van der Waals surface area contributed by atoms with E-state index in [1.54, 1.807) is 12.3 Å². The van der Waals surface area contributed by atoms with E-state index in [4.69, 9.17) is 0 Å². The Kier molecular flexibility index (Phi) is 6.43. The second-order valence-electron chi connectivity index (χ2n) is 7.89. The summed E-state index contributed by atoms with van der Waals surface area (Å²) >= 11 is 0. The predicted molar refractivity (Wildman–Crippen MR) is 123 cm³/mol. The van der Waals surface area contributed by atoms with Crippen molar-refractivity contribution in [3.05, 3.63) is 72.4 Å². The van der Waals surface area contributed by atoms with E-state index in [1.165, 1.54) is 54.3 Å². The van der Waals surface area contributed by atoms with Crippen LogP contribution in [-0.2, 0) is 6.42 Å². The second-order valence-corrected chi connectivity index (χ2v) is 7.89. The number of hydrogen-bond acceptors (Lipinski definition) is 3. The van der Waals surface area contributed by atoms with Gasteiger partial charge in [0.1, 0.15) is 17.1 Å². The zero-order chi connectivity index (χ0) is 20.8. The van der Waals surface area contributed by atoms with Gasteiger partial charge in [0.15, 0.2) is 0 Å². The fourth-order valence-electron chi connectivity index (χ4n) is 3.95. The smallest absolute Gasteiger partial charge is 0.143 e. The molecule has 4 rings (SSSR count). The minimum Gasteiger partial charge on any atom is -0.506 e. The van der Waals surface area contributed by atoms with E-state index in [2.05, 4.69) is 41.4 Å². The summed E-state index contributed by atoms with van der Waals surface area (Å²) in [7, 11) is 0. The van der Waals surface area contributed by atoms with E-state index < -0.39 is 0 Å². The average molecular weight is 400 g/mol. The van der Waals surface area contributed by atoms with Crippen LogP contribution < -0.4 is 0 Å². The molecule has 0 atom stereocenters. The van der Waals surface area contributed by atoms with E-state index in [0.29, 0.717) is 5.69 Å². The number of unbranched alkanes of at least 4 members (excludes halogenated alkanes) is 5. The minimum atomic E-state index is 0.196. The van der Waals surface area contributed by atoms with Crippen LogP contribution in [0.4, 0.5) is 0 Å². The maximum Gasteiger partial charge on any atom is 0.143 e. The molecular formula is C26H29N3O. The van der Waals surface area contributed by atoms with Gasteiger partial charge in [0.05, 0.1) is 6.20 Å². The molecule has 0 aliphatic carbocycles. The zero-order valence-electron chi connectivity index (χ0n) is 17.6. The molecule has 0 bridgehead atoms. The monoisotopic (exact) mass is 399 g/mol. The first-order valence-corrected chi connectivity index (χ1v) is 11.0. The lowest BCUT2D eigenvalue weighted by atomic mass is 10.0. The molecule has 4 nitrogen and oxygen atoms in total. The van der Waals surface area contributed by atoms with E-state index in [-0.39, 0.29) is 5.75 Å². The maximum absolute atomic E-state index is 10.4. The number of benzene rings is 3. The lowest BCUT2D eigenvalue weighted by Crippen LogP contribution is -2.00. The van der Waals surface area contributed by atoms with Crippen molar-refractivity contribution in [1.29, 1.82) is 0 Å². The van der Waals surface area contributed by atoms with E-state index in [1.807, 2.05) is 30.3 Å². The molecule has 154 valence electrons. The number of aromatic nitrogens is 3. The van der Waals surface area contributed by atoms with Gasteiger partial charge in [-0.15, -0.1) is 9.90 Å². The molecule has 0 amide bonds. The number of nitrogens with zero attached hydrogens (tertiary/aromatic N) is 3. The highest BCUT2D eigenvalue weighted by molar-refractivity contribution is 5.95. The molecular weight excluding hydrogens is 370 g/mol. The normalized spacial score (nSPS) is 11.2. The van der Waals surface area contributed by atoms with Crippen molar-refractivity contribution in [2.75, 3.05) is 0 Å². The largest absolute Gasteiger partial charge is 0.506 e. The first-order valence-electron chi connectivity index (χ1n) is 11.0. The van der Waals surface area contributed by atoms with Gasteiger partial charge in [-0.1, -0.05) is 87.6 Å². The first kappa shape index (κ1) is 20.1. The lowest BCUT2D eigenvalue weighted by Gasteiger charge is -2.07. The Hall–Kier alpha value is -3.14. The predicted octanol–water partition coefficient (Wildman–Crippen LogP) is 6.70. The molecule has 0 aliphatic heterocycles. The fraction of sp³-hybridized carbons (Fsp3) is 0.308. The van der Waals surface area contributed by atoms with Crippen LogP contribution in [0.2, 0.25) is 0 Å². The van der Waals surface area contributed by atoms with Crippen LogP contribution in [0, 0.1) is 0 Å². The van der Waals surface area contributed by atoms with Crippen molar-refractivity contribution >= 4 is 10.8 Å². The van der Waals surface area contributed by atoms with Gasteiger partial charge >= 0.3 is 0 Å². The highest BCUT2D eigenvalue weighted by atomic mass is 16.3. The van der Waals surface area contributed by atoms with Crippen LogP contribution in [0.3, 0.4) is 0 Å². The summed E-state index contributed by atoms with van der Waals surface area (Å²) in [6.07, 6.45) is 10.4. The highest BCUT2D eigenvalue weighted by Gasteiger charge is 2.12. The molecule has 0 spiro atoms. The van der Waals surface area contributed by atoms with E-state index in [9.17, 15) is 5.11 Å². The van der Waals surface area contributed by atoms with Gasteiger partial charge in [0, 0.05) is 5.56 Å². The Labute approximate surface area is 178 Å². The van der Waals surface area contributed by atoms with Gasteiger partial charge in [-0.2, -0.15) is 5.10 Å². The Bertz CT molecular complexity index is 1110. The summed E-state index contributed by atoms with van der Waals surface area (Å²) in [5.74, 6) is 0.196. The van der Waals surface area contributed by atoms with Gasteiger partial charge in [-0.3, -0.25) is 0 Å². The van der Waals surface area contributed by atoms with Crippen LogP contribution in [0.25, 0.3) is 27.7 Å². The zero-order valence-corrected chi connectivity index (χ0v) is 17.6. The highest BCUT2D eigenvalue weighted by Crippen LogP contribution is 2.28. The van der Waals surface area contributed by atoms with Crippen molar-refractivity contribution in [1.82, 2.24) is 15.0 Å². The molecule has 4 heteroatoms. The molecule has 0 saturated heterocycles. The van der Waals surface area contributed by atoms with Gasteiger partial charge in [0.2, 0.25) is 0 Å². The number of fused-ring (bicyclic) bond motifs is 1. The van der Waals surface area contributed by atoms with Crippen molar-refractivity contribution in [3.63, 3.8) is 0 Å². The molecule has 0 aliphatic rings. The van der Waals surface area contributed by atoms with Gasteiger partial charge in [-0.25, -0.2) is 0 Å². The summed E-state index contributed by atoms with van der Waals surface area (Å²) in [4.78, 5) is 1.54. The topological polar surface area (TPSA) is 50.9 Å². The summed E-state index contributed by atoms with van der Waals surface area (Å²) < 4.78 is 0. The second kappa shape index (κ2) is 9.57. The van der Waals surface area contributed by atoms with Crippen LogP contribution in [0.5, 0.6) is 5.75 Å². The van der Waals surface area contributed by atoms with Crippen molar-refractivity contribution < 1.29 is 5.11 Å². The van der Waals surface area contributed by atoms with Crippen molar-refractivity contribution in [2.45, 2.75) is 51.9 Å². The Morgan fingerprint density at radius 2 is 1.67 bits per heavy atom. The SMILES string of the molecule is CCCCCCCCc1ccc(O)c(-n2ncc(-c3cccc4ccccc34)n2)c1. The number of rotatable bonds is 9. The van der Waals surface area contributed by atoms with E-state index >= 15 is 0 Å². The summed E-state index contributed by atoms with van der Waals surface area (Å²) in [5, 5.41) is 21.9. The number of hydrogen-bond donors (Lipinski definition) is 1. The first-order chi connectivity index (χ1) is 14.8. The fourth-order valence-corrected chi connectivity index (χ4v) is 3.95. The lowest BCUT2D eigenvalue weighted by molar-refractivity contribution is 0.467. The van der Waals surface area contributed by atoms with Crippen molar-refractivity contribution in [3.8, 4) is 22.7 Å². The quantitative estimate of drug-likeness (QED) is 0.319. The van der Waals surface area contributed by atoms with Crippen molar-refractivity contribution in [2.24, 2.45) is 0 Å². The molecule has 30 heavy (non-hydrogen) atoms. The van der Waals surface area contributed by atoms with Gasteiger partial charge in [-0.05, 0) is 41.3 Å².